The SMILES string of the molecule is O=C(NCc1ccno1)c1cccnc1Br. The molecule has 2 aromatic heterocycles. The Morgan fingerprint density at radius 2 is 2.31 bits per heavy atom. The number of carbonyl (C=O) groups excluding carboxylic acids is 1. The van der Waals surface area contributed by atoms with E-state index in [-0.39, 0.29) is 5.91 Å². The van der Waals surface area contributed by atoms with Crippen molar-refractivity contribution in [1.29, 1.82) is 0 Å². The maximum Gasteiger partial charge on any atom is 0.254 e. The number of hydrogen-bond donors (Lipinski definition) is 1. The van der Waals surface area contributed by atoms with Gasteiger partial charge in [-0.15, -0.1) is 0 Å². The van der Waals surface area contributed by atoms with E-state index in [0.717, 1.165) is 0 Å². The summed E-state index contributed by atoms with van der Waals surface area (Å²) in [6, 6.07) is 5.08. The number of hydrogen-bond acceptors (Lipinski definition) is 4. The second-order valence-electron chi connectivity index (χ2n) is 3.00. The number of aromatic nitrogens is 2. The molecule has 0 bridgehead atoms. The second-order valence-corrected chi connectivity index (χ2v) is 3.75. The standard InChI is InChI=1S/C10H8BrN3O2/c11-9-8(2-1-4-12-9)10(15)13-6-7-3-5-14-16-7/h1-5H,6H2,(H,13,15). The lowest BCUT2D eigenvalue weighted by Gasteiger charge is -2.03. The van der Waals surface area contributed by atoms with Crippen molar-refractivity contribution in [2.45, 2.75) is 6.54 Å². The van der Waals surface area contributed by atoms with Crippen LogP contribution < -0.4 is 5.32 Å². The van der Waals surface area contributed by atoms with Crippen molar-refractivity contribution in [2.75, 3.05) is 0 Å². The zero-order valence-electron chi connectivity index (χ0n) is 8.18. The summed E-state index contributed by atoms with van der Waals surface area (Å²) in [7, 11) is 0. The van der Waals surface area contributed by atoms with Gasteiger partial charge in [0.2, 0.25) is 0 Å². The molecule has 0 spiro atoms. The molecule has 5 nitrogen and oxygen atoms in total. The van der Waals surface area contributed by atoms with Crippen LogP contribution in [0.15, 0.2) is 39.7 Å². The number of nitrogens with zero attached hydrogens (tertiary/aromatic N) is 2. The molecule has 0 radical (unpaired) electrons. The molecule has 82 valence electrons. The highest BCUT2D eigenvalue weighted by Gasteiger charge is 2.10. The van der Waals surface area contributed by atoms with Gasteiger partial charge in [-0.2, -0.15) is 0 Å². The van der Waals surface area contributed by atoms with Crippen molar-refractivity contribution < 1.29 is 9.32 Å². The Balaban J connectivity index is 2.01. The number of pyridine rings is 1. The van der Waals surface area contributed by atoms with E-state index >= 15 is 0 Å². The zero-order valence-corrected chi connectivity index (χ0v) is 9.77. The number of carbonyl (C=O) groups is 1. The van der Waals surface area contributed by atoms with Gasteiger partial charge in [-0.25, -0.2) is 4.98 Å². The summed E-state index contributed by atoms with van der Waals surface area (Å²) in [5, 5.41) is 6.24. The fraction of sp³-hybridized carbons (Fsp3) is 0.100. The van der Waals surface area contributed by atoms with E-state index in [1.54, 1.807) is 24.4 Å². The van der Waals surface area contributed by atoms with E-state index in [0.29, 0.717) is 22.5 Å². The van der Waals surface area contributed by atoms with Crippen LogP contribution in [-0.4, -0.2) is 16.0 Å². The van der Waals surface area contributed by atoms with E-state index in [2.05, 4.69) is 31.4 Å². The van der Waals surface area contributed by atoms with Gasteiger partial charge in [-0.3, -0.25) is 4.79 Å². The molecule has 2 rings (SSSR count). The monoisotopic (exact) mass is 281 g/mol. The molecule has 16 heavy (non-hydrogen) atoms. The zero-order chi connectivity index (χ0) is 11.4. The molecule has 0 aliphatic rings. The van der Waals surface area contributed by atoms with Gasteiger partial charge >= 0.3 is 0 Å². The molecule has 0 saturated heterocycles. The topological polar surface area (TPSA) is 68.0 Å². The Morgan fingerprint density at radius 1 is 1.44 bits per heavy atom. The first-order chi connectivity index (χ1) is 7.77. The Labute approximate surface area is 100.0 Å². The van der Waals surface area contributed by atoms with Crippen molar-refractivity contribution in [3.8, 4) is 0 Å². The third kappa shape index (κ3) is 2.46. The highest BCUT2D eigenvalue weighted by Crippen LogP contribution is 2.12. The van der Waals surface area contributed by atoms with Crippen LogP contribution in [0.5, 0.6) is 0 Å². The molecule has 0 aromatic carbocycles. The summed E-state index contributed by atoms with van der Waals surface area (Å²) >= 11 is 3.21. The van der Waals surface area contributed by atoms with Crippen LogP contribution in [-0.2, 0) is 6.54 Å². The molecule has 2 heterocycles. The predicted molar refractivity (Wildman–Crippen MR) is 59.6 cm³/mol. The molecule has 0 atom stereocenters. The molecule has 1 amide bonds. The average Bonchev–Trinajstić information content (AvgIpc) is 2.79. The van der Waals surface area contributed by atoms with E-state index in [9.17, 15) is 4.79 Å². The van der Waals surface area contributed by atoms with Crippen molar-refractivity contribution in [3.05, 3.63) is 46.5 Å². The molecule has 2 aromatic rings. The lowest BCUT2D eigenvalue weighted by atomic mass is 10.2. The Hall–Kier alpha value is -1.69. The van der Waals surface area contributed by atoms with Crippen molar-refractivity contribution in [2.24, 2.45) is 0 Å². The lowest BCUT2D eigenvalue weighted by molar-refractivity contribution is 0.0946. The third-order valence-electron chi connectivity index (χ3n) is 1.92. The molecule has 6 heteroatoms. The number of nitrogens with one attached hydrogen (secondary N) is 1. The number of rotatable bonds is 3. The highest BCUT2D eigenvalue weighted by molar-refractivity contribution is 9.10. The molecule has 0 fully saturated rings. The second kappa shape index (κ2) is 4.89. The summed E-state index contributed by atoms with van der Waals surface area (Å²) < 4.78 is 5.38. The summed E-state index contributed by atoms with van der Waals surface area (Å²) in [5.74, 6) is 0.393. The fourth-order valence-corrected chi connectivity index (χ4v) is 1.58. The fourth-order valence-electron chi connectivity index (χ4n) is 1.15. The Kier molecular flexibility index (Phi) is 3.31. The quantitative estimate of drug-likeness (QED) is 0.871. The highest BCUT2D eigenvalue weighted by atomic mass is 79.9. The minimum absolute atomic E-state index is 0.212. The molecule has 0 aliphatic heterocycles. The molecule has 0 aliphatic carbocycles. The first-order valence-electron chi connectivity index (χ1n) is 4.55. The van der Waals surface area contributed by atoms with Gasteiger partial charge in [0, 0.05) is 12.3 Å². The molecular weight excluding hydrogens is 274 g/mol. The van der Waals surface area contributed by atoms with Gasteiger partial charge in [0.25, 0.3) is 5.91 Å². The number of halogens is 1. The summed E-state index contributed by atoms with van der Waals surface area (Å²) in [6.07, 6.45) is 3.14. The Bertz CT molecular complexity index is 485. The smallest absolute Gasteiger partial charge is 0.254 e. The predicted octanol–water partition coefficient (Wildman–Crippen LogP) is 1.76. The van der Waals surface area contributed by atoms with Crippen molar-refractivity contribution >= 4 is 21.8 Å². The van der Waals surface area contributed by atoms with Crippen LogP contribution in [0.4, 0.5) is 0 Å². The van der Waals surface area contributed by atoms with Crippen molar-refractivity contribution in [1.82, 2.24) is 15.5 Å². The Morgan fingerprint density at radius 3 is 3.00 bits per heavy atom. The average molecular weight is 282 g/mol. The van der Waals surface area contributed by atoms with Crippen LogP contribution in [0.1, 0.15) is 16.1 Å². The largest absolute Gasteiger partial charge is 0.360 e. The van der Waals surface area contributed by atoms with Gasteiger partial charge in [0.15, 0.2) is 5.76 Å². The van der Waals surface area contributed by atoms with Gasteiger partial charge in [0.05, 0.1) is 18.3 Å². The van der Waals surface area contributed by atoms with Crippen molar-refractivity contribution in [3.63, 3.8) is 0 Å². The summed E-state index contributed by atoms with van der Waals surface area (Å²) in [5.41, 5.74) is 0.488. The molecular formula is C10H8BrN3O2. The molecule has 0 unspecified atom stereocenters. The van der Waals surface area contributed by atoms with Crippen LogP contribution in [0.3, 0.4) is 0 Å². The maximum atomic E-state index is 11.7. The van der Waals surface area contributed by atoms with E-state index in [1.807, 2.05) is 0 Å². The number of amides is 1. The van der Waals surface area contributed by atoms with Crippen LogP contribution in [0.25, 0.3) is 0 Å². The van der Waals surface area contributed by atoms with Crippen LogP contribution in [0.2, 0.25) is 0 Å². The summed E-state index contributed by atoms with van der Waals surface area (Å²) in [4.78, 5) is 15.7. The van der Waals surface area contributed by atoms with E-state index < -0.39 is 0 Å². The maximum absolute atomic E-state index is 11.7. The minimum atomic E-state index is -0.212. The molecule has 0 saturated carbocycles. The van der Waals surface area contributed by atoms with Gasteiger partial charge in [-0.1, -0.05) is 5.16 Å². The lowest BCUT2D eigenvalue weighted by Crippen LogP contribution is -2.23. The van der Waals surface area contributed by atoms with Gasteiger partial charge in [0.1, 0.15) is 4.60 Å². The summed E-state index contributed by atoms with van der Waals surface area (Å²) in [6.45, 7) is 0.306. The molecule has 1 N–H and O–H groups in total. The van der Waals surface area contributed by atoms with Crippen LogP contribution >= 0.6 is 15.9 Å². The normalized spacial score (nSPS) is 10.1. The third-order valence-corrected chi connectivity index (χ3v) is 2.55. The van der Waals surface area contributed by atoms with Gasteiger partial charge < -0.3 is 9.84 Å². The minimum Gasteiger partial charge on any atom is -0.360 e. The first-order valence-corrected chi connectivity index (χ1v) is 5.35. The first kappa shape index (κ1) is 10.8. The van der Waals surface area contributed by atoms with Gasteiger partial charge in [-0.05, 0) is 28.1 Å². The van der Waals surface area contributed by atoms with E-state index in [1.165, 1.54) is 6.20 Å². The van der Waals surface area contributed by atoms with Crippen LogP contribution in [0, 0.1) is 0 Å². The van der Waals surface area contributed by atoms with E-state index in [4.69, 9.17) is 4.52 Å².